The van der Waals surface area contributed by atoms with Gasteiger partial charge in [-0.15, -0.1) is 11.3 Å². The van der Waals surface area contributed by atoms with Crippen LogP contribution in [0.4, 0.5) is 4.79 Å². The summed E-state index contributed by atoms with van der Waals surface area (Å²) in [5, 5.41) is 15.0. The number of nitrogens with one attached hydrogen (secondary N) is 2. The van der Waals surface area contributed by atoms with Crippen molar-refractivity contribution in [3.8, 4) is 0 Å². The van der Waals surface area contributed by atoms with Crippen LogP contribution in [0.25, 0.3) is 0 Å². The smallest absolute Gasteiger partial charge is 0.328 e. The number of urea groups is 1. The first-order valence-corrected chi connectivity index (χ1v) is 5.34. The minimum Gasteiger partial charge on any atom is -0.478 e. The fraction of sp³-hybridized carbons (Fsp3) is 0.111. The molecule has 0 atom stereocenters. The van der Waals surface area contributed by atoms with Crippen LogP contribution in [0.2, 0.25) is 0 Å². The lowest BCUT2D eigenvalue weighted by Crippen LogP contribution is -2.38. The molecule has 0 aromatic carbocycles. The Bertz CT molecular complexity index is 441. The van der Waals surface area contributed by atoms with Crippen molar-refractivity contribution >= 4 is 29.2 Å². The lowest BCUT2D eigenvalue weighted by molar-refractivity contribution is -0.131. The van der Waals surface area contributed by atoms with Gasteiger partial charge in [-0.25, -0.2) is 14.6 Å². The number of carbonyl (C=O) groups is 3. The molecule has 0 unspecified atom stereocenters. The van der Waals surface area contributed by atoms with Gasteiger partial charge in [-0.2, -0.15) is 0 Å². The van der Waals surface area contributed by atoms with Gasteiger partial charge < -0.3 is 10.4 Å². The second kappa shape index (κ2) is 6.38. The molecule has 0 aliphatic heterocycles. The monoisotopic (exact) mass is 255 g/mol. The molecule has 0 fully saturated rings. The molecule has 3 N–H and O–H groups in total. The van der Waals surface area contributed by atoms with E-state index in [0.29, 0.717) is 11.1 Å². The number of rotatable bonds is 4. The molecule has 1 rings (SSSR count). The first-order chi connectivity index (χ1) is 8.08. The molecule has 1 aromatic heterocycles. The van der Waals surface area contributed by atoms with Crippen LogP contribution in [0, 0.1) is 0 Å². The molecule has 8 heteroatoms. The molecule has 1 aromatic rings. The maximum Gasteiger partial charge on any atom is 0.328 e. The third-order valence-corrected chi connectivity index (χ3v) is 2.28. The van der Waals surface area contributed by atoms with E-state index >= 15 is 0 Å². The molecule has 0 aliphatic rings. The Kier molecular flexibility index (Phi) is 4.82. The number of imide groups is 1. The van der Waals surface area contributed by atoms with E-state index in [-0.39, 0.29) is 6.54 Å². The van der Waals surface area contributed by atoms with Gasteiger partial charge >= 0.3 is 12.0 Å². The molecule has 1 heterocycles. The van der Waals surface area contributed by atoms with Crippen molar-refractivity contribution in [3.63, 3.8) is 0 Å². The van der Waals surface area contributed by atoms with E-state index in [1.54, 1.807) is 11.6 Å². The molecule has 0 radical (unpaired) electrons. The summed E-state index contributed by atoms with van der Waals surface area (Å²) in [6, 6.07) is -0.708. The van der Waals surface area contributed by atoms with Crippen molar-refractivity contribution < 1.29 is 19.5 Å². The molecular formula is C9H9N3O4S. The molecule has 0 saturated carbocycles. The Morgan fingerprint density at radius 2 is 2.18 bits per heavy atom. The predicted molar refractivity (Wildman–Crippen MR) is 59.3 cm³/mol. The van der Waals surface area contributed by atoms with E-state index in [0.717, 1.165) is 6.08 Å². The average Bonchev–Trinajstić information content (AvgIpc) is 2.76. The third-order valence-electron chi connectivity index (χ3n) is 1.50. The normalized spacial score (nSPS) is 10.1. The SMILES string of the molecule is O=C(O)/C=C/C(=O)NC(=O)NCc1nccs1. The van der Waals surface area contributed by atoms with Gasteiger partial charge in [0.25, 0.3) is 5.91 Å². The standard InChI is InChI=1S/C9H9N3O4S/c13-6(1-2-8(14)15)12-9(16)11-5-7-10-3-4-17-7/h1-4H,5H2,(H,14,15)(H2,11,12,13,16)/b2-1+. The van der Waals surface area contributed by atoms with Crippen LogP contribution in [0.3, 0.4) is 0 Å². The molecule has 0 aliphatic carbocycles. The van der Waals surface area contributed by atoms with Gasteiger partial charge in [0.05, 0.1) is 6.54 Å². The van der Waals surface area contributed by atoms with E-state index in [4.69, 9.17) is 5.11 Å². The number of amides is 3. The van der Waals surface area contributed by atoms with Gasteiger partial charge in [0.15, 0.2) is 0 Å². The van der Waals surface area contributed by atoms with E-state index in [9.17, 15) is 14.4 Å². The second-order valence-electron chi connectivity index (χ2n) is 2.77. The molecule has 0 bridgehead atoms. The quantitative estimate of drug-likeness (QED) is 0.662. The largest absolute Gasteiger partial charge is 0.478 e. The Balaban J connectivity index is 2.29. The van der Waals surface area contributed by atoms with Gasteiger partial charge in [-0.3, -0.25) is 10.1 Å². The lowest BCUT2D eigenvalue weighted by atomic mass is 10.5. The highest BCUT2D eigenvalue weighted by Gasteiger charge is 2.05. The van der Waals surface area contributed by atoms with Crippen LogP contribution in [0.5, 0.6) is 0 Å². The van der Waals surface area contributed by atoms with E-state index in [2.05, 4.69) is 10.3 Å². The highest BCUT2D eigenvalue weighted by molar-refractivity contribution is 7.09. The number of thiazole rings is 1. The predicted octanol–water partition coefficient (Wildman–Crippen LogP) is 0.110. The number of aliphatic carboxylic acids is 1. The number of aromatic nitrogens is 1. The average molecular weight is 255 g/mol. The number of hydrogen-bond donors (Lipinski definition) is 3. The van der Waals surface area contributed by atoms with E-state index in [1.807, 2.05) is 5.32 Å². The number of carbonyl (C=O) groups excluding carboxylic acids is 2. The van der Waals surface area contributed by atoms with Crippen molar-refractivity contribution in [3.05, 3.63) is 28.7 Å². The van der Waals surface area contributed by atoms with Crippen molar-refractivity contribution in [1.29, 1.82) is 0 Å². The van der Waals surface area contributed by atoms with Gasteiger partial charge in [0, 0.05) is 23.7 Å². The molecule has 17 heavy (non-hydrogen) atoms. The summed E-state index contributed by atoms with van der Waals surface area (Å²) in [5.41, 5.74) is 0. The first-order valence-electron chi connectivity index (χ1n) is 4.46. The number of hydrogen-bond acceptors (Lipinski definition) is 5. The molecular weight excluding hydrogens is 246 g/mol. The Morgan fingerprint density at radius 1 is 1.41 bits per heavy atom. The molecule has 3 amide bonds. The number of carboxylic acids is 1. The van der Waals surface area contributed by atoms with Gasteiger partial charge in [0.2, 0.25) is 0 Å². The minimum absolute atomic E-state index is 0.208. The van der Waals surface area contributed by atoms with Crippen molar-refractivity contribution in [2.24, 2.45) is 0 Å². The fourth-order valence-electron chi connectivity index (χ4n) is 0.841. The lowest BCUT2D eigenvalue weighted by Gasteiger charge is -2.02. The fourth-order valence-corrected chi connectivity index (χ4v) is 1.40. The van der Waals surface area contributed by atoms with Crippen LogP contribution < -0.4 is 10.6 Å². The van der Waals surface area contributed by atoms with Crippen molar-refractivity contribution in [2.75, 3.05) is 0 Å². The van der Waals surface area contributed by atoms with Crippen molar-refractivity contribution in [1.82, 2.24) is 15.6 Å². The molecule has 0 spiro atoms. The zero-order chi connectivity index (χ0) is 12.7. The van der Waals surface area contributed by atoms with Crippen LogP contribution in [0.15, 0.2) is 23.7 Å². The second-order valence-corrected chi connectivity index (χ2v) is 3.75. The highest BCUT2D eigenvalue weighted by Crippen LogP contribution is 2.02. The number of carboxylic acid groups (broad SMARTS) is 1. The summed E-state index contributed by atoms with van der Waals surface area (Å²) in [5.74, 6) is -2.06. The first kappa shape index (κ1) is 12.8. The summed E-state index contributed by atoms with van der Waals surface area (Å²) < 4.78 is 0. The van der Waals surface area contributed by atoms with Crippen LogP contribution in [0.1, 0.15) is 5.01 Å². The summed E-state index contributed by atoms with van der Waals surface area (Å²) in [6.07, 6.45) is 3.00. The molecule has 0 saturated heterocycles. The van der Waals surface area contributed by atoms with E-state index in [1.165, 1.54) is 11.3 Å². The summed E-state index contributed by atoms with van der Waals surface area (Å²) in [4.78, 5) is 36.2. The maximum absolute atomic E-state index is 11.1. The van der Waals surface area contributed by atoms with Gasteiger partial charge in [0.1, 0.15) is 5.01 Å². The van der Waals surface area contributed by atoms with Crippen LogP contribution >= 0.6 is 11.3 Å². The van der Waals surface area contributed by atoms with E-state index < -0.39 is 17.9 Å². The number of nitrogens with zero attached hydrogens (tertiary/aromatic N) is 1. The Hall–Kier alpha value is -2.22. The van der Waals surface area contributed by atoms with Gasteiger partial charge in [-0.05, 0) is 0 Å². The van der Waals surface area contributed by atoms with Crippen LogP contribution in [-0.4, -0.2) is 28.0 Å². The molecule has 7 nitrogen and oxygen atoms in total. The highest BCUT2D eigenvalue weighted by atomic mass is 32.1. The molecule has 90 valence electrons. The Labute approximate surface area is 100 Å². The summed E-state index contributed by atoms with van der Waals surface area (Å²) in [7, 11) is 0. The minimum atomic E-state index is -1.26. The zero-order valence-electron chi connectivity index (χ0n) is 8.54. The maximum atomic E-state index is 11.1. The summed E-state index contributed by atoms with van der Waals surface area (Å²) in [6.45, 7) is 0.208. The summed E-state index contributed by atoms with van der Waals surface area (Å²) >= 11 is 1.37. The Morgan fingerprint density at radius 3 is 2.76 bits per heavy atom. The van der Waals surface area contributed by atoms with Crippen LogP contribution in [-0.2, 0) is 16.1 Å². The zero-order valence-corrected chi connectivity index (χ0v) is 9.36. The third kappa shape index (κ3) is 5.42. The topological polar surface area (TPSA) is 108 Å². The van der Waals surface area contributed by atoms with Crippen molar-refractivity contribution in [2.45, 2.75) is 6.54 Å². The van der Waals surface area contributed by atoms with Gasteiger partial charge in [-0.1, -0.05) is 0 Å².